The van der Waals surface area contributed by atoms with Gasteiger partial charge in [0.15, 0.2) is 0 Å². The van der Waals surface area contributed by atoms with Crippen molar-refractivity contribution in [1.82, 2.24) is 0 Å². The highest BCUT2D eigenvalue weighted by Crippen LogP contribution is 2.22. The molecule has 0 aromatic carbocycles. The second-order valence-electron chi connectivity index (χ2n) is 2.09. The first kappa shape index (κ1) is 10.1. The van der Waals surface area contributed by atoms with Crippen molar-refractivity contribution in [2.75, 3.05) is 0 Å². The lowest BCUT2D eigenvalue weighted by molar-refractivity contribution is 0.261. The summed E-state index contributed by atoms with van der Waals surface area (Å²) < 4.78 is 0. The van der Waals surface area contributed by atoms with Crippen molar-refractivity contribution < 1.29 is 5.11 Å². The zero-order chi connectivity index (χ0) is 7.49. The van der Waals surface area contributed by atoms with Gasteiger partial charge < -0.3 is 5.11 Å². The van der Waals surface area contributed by atoms with Crippen LogP contribution in [0.1, 0.15) is 6.42 Å². The van der Waals surface area contributed by atoms with E-state index in [1.807, 2.05) is 6.55 Å². The Morgan fingerprint density at radius 2 is 2.11 bits per heavy atom. The predicted molar refractivity (Wildman–Crippen MR) is 47.7 cm³/mol. The van der Waals surface area contributed by atoms with E-state index < -0.39 is 12.1 Å². The molecular weight excluding hydrogens is 195 g/mol. The fourth-order valence-corrected chi connectivity index (χ4v) is 2.19. The average molecular weight is 205 g/mol. The molecule has 1 N–H and O–H groups in total. The fraction of sp³-hybridized carbons (Fsp3) is 1.00. The standard InChI is InChI=1S/C4H10Cl2OSSi/c1-9(5,6)3-2-4(7)8/h4,7-8H,2-3H2,1H3. The largest absolute Gasteiger partial charge is 0.383 e. The van der Waals surface area contributed by atoms with E-state index in [2.05, 4.69) is 12.6 Å². The van der Waals surface area contributed by atoms with E-state index in [0.717, 1.165) is 0 Å². The lowest BCUT2D eigenvalue weighted by Gasteiger charge is -2.09. The predicted octanol–water partition coefficient (Wildman–Crippen LogP) is 2.17. The van der Waals surface area contributed by atoms with Gasteiger partial charge in [-0.1, -0.05) is 0 Å². The van der Waals surface area contributed by atoms with Crippen molar-refractivity contribution in [3.05, 3.63) is 0 Å². The van der Waals surface area contributed by atoms with Gasteiger partial charge in [-0.25, -0.2) is 0 Å². The maximum Gasteiger partial charge on any atom is 0.248 e. The van der Waals surface area contributed by atoms with E-state index in [1.165, 1.54) is 0 Å². The van der Waals surface area contributed by atoms with Gasteiger partial charge >= 0.3 is 0 Å². The van der Waals surface area contributed by atoms with Crippen LogP contribution >= 0.6 is 34.8 Å². The number of aliphatic hydroxyl groups is 1. The van der Waals surface area contributed by atoms with Gasteiger partial charge in [0.25, 0.3) is 0 Å². The quantitative estimate of drug-likeness (QED) is 0.313. The highest BCUT2D eigenvalue weighted by atomic mass is 35.7. The summed E-state index contributed by atoms with van der Waals surface area (Å²) >= 11 is 15.2. The van der Waals surface area contributed by atoms with Gasteiger partial charge in [-0.05, 0) is 19.0 Å². The van der Waals surface area contributed by atoms with E-state index in [-0.39, 0.29) is 0 Å². The zero-order valence-electron chi connectivity index (χ0n) is 5.14. The molecule has 0 saturated heterocycles. The van der Waals surface area contributed by atoms with Crippen LogP contribution in [-0.2, 0) is 0 Å². The molecule has 0 spiro atoms. The molecule has 1 atom stereocenters. The third-order valence-corrected chi connectivity index (χ3v) is 3.40. The van der Waals surface area contributed by atoms with Crippen LogP contribution in [0.4, 0.5) is 0 Å². The number of thiol groups is 1. The van der Waals surface area contributed by atoms with Crippen LogP contribution in [0.15, 0.2) is 0 Å². The molecule has 0 fully saturated rings. The SMILES string of the molecule is C[Si](Cl)(Cl)CCC(O)S. The fourth-order valence-electron chi connectivity index (χ4n) is 0.383. The molecule has 5 heteroatoms. The number of halogens is 2. The minimum atomic E-state index is -1.98. The van der Waals surface area contributed by atoms with Gasteiger partial charge in [0.2, 0.25) is 6.69 Å². The molecule has 0 saturated carbocycles. The first-order valence-electron chi connectivity index (χ1n) is 2.66. The highest BCUT2D eigenvalue weighted by Gasteiger charge is 2.20. The minimum absolute atomic E-state index is 0.575. The lowest BCUT2D eigenvalue weighted by Crippen LogP contribution is -2.14. The van der Waals surface area contributed by atoms with Crippen LogP contribution in [-0.4, -0.2) is 17.2 Å². The zero-order valence-corrected chi connectivity index (χ0v) is 8.55. The number of aliphatic hydroxyl groups excluding tert-OH is 1. The lowest BCUT2D eigenvalue weighted by atomic mass is 10.5. The molecular formula is C4H10Cl2OSSi. The van der Waals surface area contributed by atoms with Crippen LogP contribution in [0.3, 0.4) is 0 Å². The Morgan fingerprint density at radius 1 is 1.67 bits per heavy atom. The minimum Gasteiger partial charge on any atom is -0.383 e. The summed E-state index contributed by atoms with van der Waals surface area (Å²) in [7, 11) is 0. The maximum atomic E-state index is 8.68. The molecule has 0 aliphatic heterocycles. The van der Waals surface area contributed by atoms with Gasteiger partial charge in [-0.3, -0.25) is 0 Å². The Balaban J connectivity index is 3.28. The van der Waals surface area contributed by atoms with E-state index in [1.54, 1.807) is 0 Å². The smallest absolute Gasteiger partial charge is 0.248 e. The molecule has 0 bridgehead atoms. The van der Waals surface area contributed by atoms with Crippen molar-refractivity contribution in [3.8, 4) is 0 Å². The molecule has 9 heavy (non-hydrogen) atoms. The second kappa shape index (κ2) is 4.08. The summed E-state index contributed by atoms with van der Waals surface area (Å²) in [6, 6.07) is 0.695. The summed E-state index contributed by atoms with van der Waals surface area (Å²) in [5.74, 6) is 0. The maximum absolute atomic E-state index is 8.68. The first-order valence-corrected chi connectivity index (χ1v) is 7.90. The Kier molecular flexibility index (Phi) is 4.59. The van der Waals surface area contributed by atoms with Crippen molar-refractivity contribution in [3.63, 3.8) is 0 Å². The number of rotatable bonds is 3. The molecule has 0 aromatic rings. The Bertz CT molecular complexity index is 83.1. The third-order valence-electron chi connectivity index (χ3n) is 0.842. The summed E-state index contributed by atoms with van der Waals surface area (Å²) in [6.45, 7) is -0.159. The van der Waals surface area contributed by atoms with Crippen molar-refractivity contribution in [2.24, 2.45) is 0 Å². The monoisotopic (exact) mass is 204 g/mol. The third kappa shape index (κ3) is 9.11. The molecule has 0 radical (unpaired) electrons. The topological polar surface area (TPSA) is 20.2 Å². The molecule has 0 aromatic heterocycles. The van der Waals surface area contributed by atoms with Gasteiger partial charge in [-0.2, -0.15) is 0 Å². The van der Waals surface area contributed by atoms with Crippen LogP contribution in [0, 0.1) is 0 Å². The Labute approximate surface area is 71.2 Å². The average Bonchev–Trinajstić information content (AvgIpc) is 1.59. The van der Waals surface area contributed by atoms with Crippen molar-refractivity contribution in [1.29, 1.82) is 0 Å². The van der Waals surface area contributed by atoms with Gasteiger partial charge in [0.05, 0.1) is 5.44 Å². The van der Waals surface area contributed by atoms with Crippen molar-refractivity contribution in [2.45, 2.75) is 24.4 Å². The van der Waals surface area contributed by atoms with Gasteiger partial charge in [-0.15, -0.1) is 34.8 Å². The van der Waals surface area contributed by atoms with Crippen LogP contribution in [0.2, 0.25) is 12.6 Å². The van der Waals surface area contributed by atoms with E-state index in [0.29, 0.717) is 12.5 Å². The molecule has 1 unspecified atom stereocenters. The van der Waals surface area contributed by atoms with E-state index in [4.69, 9.17) is 27.3 Å². The van der Waals surface area contributed by atoms with E-state index >= 15 is 0 Å². The van der Waals surface area contributed by atoms with Crippen molar-refractivity contribution >= 4 is 41.5 Å². The second-order valence-corrected chi connectivity index (χ2v) is 10.9. The van der Waals surface area contributed by atoms with Crippen LogP contribution in [0.25, 0.3) is 0 Å². The van der Waals surface area contributed by atoms with E-state index in [9.17, 15) is 0 Å². The molecule has 56 valence electrons. The molecule has 0 heterocycles. The summed E-state index contributed by atoms with van der Waals surface area (Å²) in [6.07, 6.45) is 0.582. The highest BCUT2D eigenvalue weighted by molar-refractivity contribution is 7.80. The summed E-state index contributed by atoms with van der Waals surface area (Å²) in [4.78, 5) is 0. The molecule has 0 aliphatic rings. The summed E-state index contributed by atoms with van der Waals surface area (Å²) in [5.41, 5.74) is -0.575. The number of hydrogen-bond donors (Lipinski definition) is 2. The Hall–Kier alpha value is 1.11. The molecule has 1 nitrogen and oxygen atoms in total. The van der Waals surface area contributed by atoms with Crippen LogP contribution in [0.5, 0.6) is 0 Å². The first-order chi connectivity index (χ1) is 3.92. The summed E-state index contributed by atoms with van der Waals surface area (Å²) in [5, 5.41) is 8.68. The van der Waals surface area contributed by atoms with Crippen LogP contribution < -0.4 is 0 Å². The van der Waals surface area contributed by atoms with Gasteiger partial charge in [0, 0.05) is 0 Å². The Morgan fingerprint density at radius 3 is 2.22 bits per heavy atom. The normalized spacial score (nSPS) is 15.7. The molecule has 0 amide bonds. The molecule has 0 aliphatic carbocycles. The van der Waals surface area contributed by atoms with Gasteiger partial charge in [0.1, 0.15) is 0 Å². The molecule has 0 rings (SSSR count). The number of hydrogen-bond acceptors (Lipinski definition) is 2.